The molecule has 0 aliphatic heterocycles. The number of benzene rings is 1. The van der Waals surface area contributed by atoms with Gasteiger partial charge in [-0.25, -0.2) is 15.4 Å². The number of halogens is 1. The molecule has 0 radical (unpaired) electrons. The fourth-order valence-corrected chi connectivity index (χ4v) is 2.14. The molecule has 0 bridgehead atoms. The van der Waals surface area contributed by atoms with Gasteiger partial charge in [-0.1, -0.05) is 11.6 Å². The zero-order valence-corrected chi connectivity index (χ0v) is 10.6. The standard InChI is InChI=1S/C13H11ClN4O/c14-9-1-2-11-8(5-9)6-12(19-11)13(18-15)10-3-4-16-7-17-10/h1-7,13,18H,15H2. The lowest BCUT2D eigenvalue weighted by molar-refractivity contribution is 0.471. The van der Waals surface area contributed by atoms with E-state index in [4.69, 9.17) is 21.9 Å². The molecular weight excluding hydrogens is 264 g/mol. The highest BCUT2D eigenvalue weighted by atomic mass is 35.5. The van der Waals surface area contributed by atoms with Crippen molar-refractivity contribution in [1.29, 1.82) is 0 Å². The Bertz CT molecular complexity index is 698. The minimum atomic E-state index is -0.325. The van der Waals surface area contributed by atoms with Gasteiger partial charge in [0.05, 0.1) is 5.69 Å². The van der Waals surface area contributed by atoms with Crippen molar-refractivity contribution < 1.29 is 4.42 Å². The second kappa shape index (κ2) is 4.97. The van der Waals surface area contributed by atoms with Gasteiger partial charge in [-0.3, -0.25) is 5.84 Å². The molecule has 3 N–H and O–H groups in total. The minimum absolute atomic E-state index is 0.325. The number of rotatable bonds is 3. The molecule has 0 saturated carbocycles. The predicted molar refractivity (Wildman–Crippen MR) is 72.4 cm³/mol. The average Bonchev–Trinajstić information content (AvgIpc) is 2.83. The molecule has 0 aliphatic carbocycles. The molecule has 2 aromatic heterocycles. The summed E-state index contributed by atoms with van der Waals surface area (Å²) in [7, 11) is 0. The Morgan fingerprint density at radius 3 is 2.89 bits per heavy atom. The Morgan fingerprint density at radius 2 is 2.16 bits per heavy atom. The molecule has 0 spiro atoms. The summed E-state index contributed by atoms with van der Waals surface area (Å²) in [6.07, 6.45) is 3.13. The summed E-state index contributed by atoms with van der Waals surface area (Å²) in [5, 5.41) is 1.59. The van der Waals surface area contributed by atoms with E-state index >= 15 is 0 Å². The number of nitrogens with one attached hydrogen (secondary N) is 1. The number of furan rings is 1. The molecule has 3 rings (SSSR count). The van der Waals surface area contributed by atoms with Gasteiger partial charge in [0.2, 0.25) is 0 Å². The van der Waals surface area contributed by atoms with Crippen LogP contribution in [-0.2, 0) is 0 Å². The van der Waals surface area contributed by atoms with Crippen LogP contribution in [0, 0.1) is 0 Å². The summed E-state index contributed by atoms with van der Waals surface area (Å²) in [4.78, 5) is 8.06. The number of nitrogens with two attached hydrogens (primary N) is 1. The highest BCUT2D eigenvalue weighted by Crippen LogP contribution is 2.28. The van der Waals surface area contributed by atoms with Crippen molar-refractivity contribution in [2.24, 2.45) is 5.84 Å². The van der Waals surface area contributed by atoms with Crippen LogP contribution in [0.5, 0.6) is 0 Å². The third-order valence-corrected chi connectivity index (χ3v) is 3.08. The highest BCUT2D eigenvalue weighted by molar-refractivity contribution is 6.31. The first-order chi connectivity index (χ1) is 9.28. The Hall–Kier alpha value is -1.95. The smallest absolute Gasteiger partial charge is 0.134 e. The Kier molecular flexibility index (Phi) is 3.16. The predicted octanol–water partition coefficient (Wildman–Crippen LogP) is 2.43. The average molecular weight is 275 g/mol. The molecule has 0 saturated heterocycles. The molecule has 3 aromatic rings. The van der Waals surface area contributed by atoms with E-state index in [0.29, 0.717) is 10.8 Å². The van der Waals surface area contributed by atoms with Gasteiger partial charge >= 0.3 is 0 Å². The summed E-state index contributed by atoms with van der Waals surface area (Å²) in [6.45, 7) is 0. The molecule has 1 aromatic carbocycles. The van der Waals surface area contributed by atoms with Crippen LogP contribution in [0.2, 0.25) is 5.02 Å². The number of fused-ring (bicyclic) bond motifs is 1. The van der Waals surface area contributed by atoms with Crippen molar-refractivity contribution >= 4 is 22.6 Å². The molecule has 1 atom stereocenters. The topological polar surface area (TPSA) is 77.0 Å². The summed E-state index contributed by atoms with van der Waals surface area (Å²) in [6, 6.07) is 8.81. The molecule has 6 heteroatoms. The van der Waals surface area contributed by atoms with E-state index in [1.54, 1.807) is 18.3 Å². The van der Waals surface area contributed by atoms with Crippen LogP contribution in [-0.4, -0.2) is 9.97 Å². The summed E-state index contributed by atoms with van der Waals surface area (Å²) in [5.74, 6) is 6.27. The number of hydrogen-bond donors (Lipinski definition) is 2. The van der Waals surface area contributed by atoms with E-state index in [-0.39, 0.29) is 6.04 Å². The quantitative estimate of drug-likeness (QED) is 0.567. The van der Waals surface area contributed by atoms with E-state index < -0.39 is 0 Å². The number of hydrazine groups is 1. The van der Waals surface area contributed by atoms with Gasteiger partial charge < -0.3 is 4.42 Å². The zero-order valence-electron chi connectivity index (χ0n) is 9.88. The van der Waals surface area contributed by atoms with E-state index in [9.17, 15) is 0 Å². The Labute approximate surface area is 114 Å². The molecule has 1 unspecified atom stereocenters. The minimum Gasteiger partial charge on any atom is -0.459 e. The van der Waals surface area contributed by atoms with Crippen LogP contribution in [0.1, 0.15) is 17.5 Å². The Balaban J connectivity index is 2.07. The largest absolute Gasteiger partial charge is 0.459 e. The lowest BCUT2D eigenvalue weighted by atomic mass is 10.1. The van der Waals surface area contributed by atoms with Gasteiger partial charge in [-0.15, -0.1) is 0 Å². The maximum Gasteiger partial charge on any atom is 0.134 e. The second-order valence-corrected chi connectivity index (χ2v) is 4.50. The Morgan fingerprint density at radius 1 is 1.26 bits per heavy atom. The van der Waals surface area contributed by atoms with Crippen molar-refractivity contribution in [3.8, 4) is 0 Å². The van der Waals surface area contributed by atoms with Gasteiger partial charge in [0.15, 0.2) is 0 Å². The zero-order chi connectivity index (χ0) is 13.2. The van der Waals surface area contributed by atoms with Crippen LogP contribution >= 0.6 is 11.6 Å². The van der Waals surface area contributed by atoms with E-state index in [2.05, 4.69) is 15.4 Å². The van der Waals surface area contributed by atoms with Gasteiger partial charge in [-0.2, -0.15) is 0 Å². The van der Waals surface area contributed by atoms with Crippen LogP contribution in [0.25, 0.3) is 11.0 Å². The normalized spacial score (nSPS) is 12.7. The van der Waals surface area contributed by atoms with Gasteiger partial charge in [0.1, 0.15) is 23.7 Å². The van der Waals surface area contributed by atoms with Gasteiger partial charge in [0.25, 0.3) is 0 Å². The summed E-state index contributed by atoms with van der Waals surface area (Å²) in [5.41, 5.74) is 4.19. The van der Waals surface area contributed by atoms with Crippen LogP contribution in [0.3, 0.4) is 0 Å². The molecule has 0 aliphatic rings. The lowest BCUT2D eigenvalue weighted by Gasteiger charge is -2.11. The van der Waals surface area contributed by atoms with Gasteiger partial charge in [0, 0.05) is 16.6 Å². The third-order valence-electron chi connectivity index (χ3n) is 2.85. The number of hydrogen-bond acceptors (Lipinski definition) is 5. The number of nitrogens with zero attached hydrogens (tertiary/aromatic N) is 2. The fourth-order valence-electron chi connectivity index (χ4n) is 1.96. The molecule has 96 valence electrons. The van der Waals surface area contributed by atoms with Gasteiger partial charge in [-0.05, 0) is 30.3 Å². The number of aromatic nitrogens is 2. The summed E-state index contributed by atoms with van der Waals surface area (Å²) >= 11 is 5.96. The molecular formula is C13H11ClN4O. The molecule has 0 fully saturated rings. The van der Waals surface area contributed by atoms with Crippen molar-refractivity contribution in [2.75, 3.05) is 0 Å². The maximum absolute atomic E-state index is 5.96. The van der Waals surface area contributed by atoms with Crippen molar-refractivity contribution in [3.63, 3.8) is 0 Å². The molecule has 5 nitrogen and oxygen atoms in total. The lowest BCUT2D eigenvalue weighted by Crippen LogP contribution is -2.29. The van der Waals surface area contributed by atoms with Crippen molar-refractivity contribution in [1.82, 2.24) is 15.4 Å². The third kappa shape index (κ3) is 2.31. The van der Waals surface area contributed by atoms with E-state index in [0.717, 1.165) is 16.7 Å². The molecule has 0 amide bonds. The van der Waals surface area contributed by atoms with E-state index in [1.165, 1.54) is 6.33 Å². The molecule has 19 heavy (non-hydrogen) atoms. The first-order valence-electron chi connectivity index (χ1n) is 5.69. The van der Waals surface area contributed by atoms with Crippen molar-refractivity contribution in [2.45, 2.75) is 6.04 Å². The van der Waals surface area contributed by atoms with Crippen molar-refractivity contribution in [3.05, 3.63) is 59.3 Å². The SMILES string of the molecule is NNC(c1ccncn1)c1cc2cc(Cl)ccc2o1. The van der Waals surface area contributed by atoms with Crippen LogP contribution in [0.4, 0.5) is 0 Å². The van der Waals surface area contributed by atoms with E-state index in [1.807, 2.05) is 18.2 Å². The summed E-state index contributed by atoms with van der Waals surface area (Å²) < 4.78 is 5.77. The maximum atomic E-state index is 5.96. The first-order valence-corrected chi connectivity index (χ1v) is 6.07. The van der Waals surface area contributed by atoms with Crippen LogP contribution < -0.4 is 11.3 Å². The monoisotopic (exact) mass is 274 g/mol. The fraction of sp³-hybridized carbons (Fsp3) is 0.0769. The molecule has 2 heterocycles. The first kappa shape index (κ1) is 12.1. The highest BCUT2D eigenvalue weighted by Gasteiger charge is 2.18. The second-order valence-electron chi connectivity index (χ2n) is 4.06. The van der Waals surface area contributed by atoms with Crippen LogP contribution in [0.15, 0.2) is 47.3 Å².